The summed E-state index contributed by atoms with van der Waals surface area (Å²) in [6.45, 7) is 2.52. The van der Waals surface area contributed by atoms with E-state index >= 15 is 0 Å². The van der Waals surface area contributed by atoms with Gasteiger partial charge in [-0.15, -0.1) is 24.8 Å². The van der Waals surface area contributed by atoms with E-state index in [4.69, 9.17) is 0 Å². The molecule has 1 aliphatic rings. The Morgan fingerprint density at radius 3 is 2.68 bits per heavy atom. The second kappa shape index (κ2) is 9.13. The molecule has 1 saturated heterocycles. The Hall–Kier alpha value is -0.840. The average molecular weight is 306 g/mol. The first-order chi connectivity index (χ1) is 8.27. The maximum atomic E-state index is 12.2. The largest absolute Gasteiger partial charge is 0.341 e. The van der Waals surface area contributed by atoms with Crippen LogP contribution in [-0.4, -0.2) is 35.9 Å². The van der Waals surface area contributed by atoms with E-state index in [1.165, 1.54) is 0 Å². The Kier molecular flexibility index (Phi) is 8.72. The summed E-state index contributed by atoms with van der Waals surface area (Å²) in [5, 5.41) is 3.28. The Balaban J connectivity index is 0.00000162. The van der Waals surface area contributed by atoms with Crippen LogP contribution < -0.4 is 5.32 Å². The van der Waals surface area contributed by atoms with E-state index in [0.29, 0.717) is 6.54 Å². The van der Waals surface area contributed by atoms with Crippen LogP contribution >= 0.6 is 24.8 Å². The van der Waals surface area contributed by atoms with E-state index < -0.39 is 0 Å². The number of pyridine rings is 1. The molecular formula is C13H21Cl2N3O. The molecule has 6 heteroatoms. The molecule has 1 N–H and O–H groups in total. The second-order valence-electron chi connectivity index (χ2n) is 4.59. The molecule has 0 aliphatic carbocycles. The molecule has 2 heterocycles. The maximum absolute atomic E-state index is 12.2. The number of amides is 1. The highest BCUT2D eigenvalue weighted by molar-refractivity contribution is 5.85. The number of aromatic nitrogens is 1. The summed E-state index contributed by atoms with van der Waals surface area (Å²) in [4.78, 5) is 18.0. The molecule has 0 saturated carbocycles. The number of rotatable bonds is 3. The van der Waals surface area contributed by atoms with E-state index in [-0.39, 0.29) is 36.6 Å². The third kappa shape index (κ3) is 5.35. The summed E-state index contributed by atoms with van der Waals surface area (Å²) in [5.41, 5.74) is 1.12. The van der Waals surface area contributed by atoms with Gasteiger partial charge in [0, 0.05) is 32.5 Å². The number of hydrogen-bond acceptors (Lipinski definition) is 3. The summed E-state index contributed by atoms with van der Waals surface area (Å²) in [7, 11) is 1.87. The highest BCUT2D eigenvalue weighted by Gasteiger charge is 2.23. The van der Waals surface area contributed by atoms with Gasteiger partial charge in [0.1, 0.15) is 0 Å². The molecular weight excluding hydrogens is 285 g/mol. The first-order valence-corrected chi connectivity index (χ1v) is 6.12. The zero-order chi connectivity index (χ0) is 12.1. The molecule has 2 rings (SSSR count). The summed E-state index contributed by atoms with van der Waals surface area (Å²) >= 11 is 0. The molecule has 1 fully saturated rings. The van der Waals surface area contributed by atoms with Crippen molar-refractivity contribution in [1.82, 2.24) is 15.2 Å². The Morgan fingerprint density at radius 1 is 1.42 bits per heavy atom. The molecule has 19 heavy (non-hydrogen) atoms. The average Bonchev–Trinajstić information content (AvgIpc) is 2.40. The molecule has 1 aromatic heterocycles. The third-order valence-corrected chi connectivity index (χ3v) is 3.19. The van der Waals surface area contributed by atoms with E-state index in [2.05, 4.69) is 10.3 Å². The molecule has 4 nitrogen and oxygen atoms in total. The highest BCUT2D eigenvalue weighted by Crippen LogP contribution is 2.14. The van der Waals surface area contributed by atoms with Crippen LogP contribution in [0.25, 0.3) is 0 Å². The Labute approximate surface area is 126 Å². The van der Waals surface area contributed by atoms with Gasteiger partial charge < -0.3 is 10.2 Å². The van der Waals surface area contributed by atoms with Gasteiger partial charge in [0.2, 0.25) is 5.91 Å². The number of hydrogen-bond donors (Lipinski definition) is 1. The number of piperidine rings is 1. The second-order valence-corrected chi connectivity index (χ2v) is 4.59. The van der Waals surface area contributed by atoms with Gasteiger partial charge >= 0.3 is 0 Å². The number of carbonyl (C=O) groups is 1. The van der Waals surface area contributed by atoms with Gasteiger partial charge in [-0.3, -0.25) is 9.78 Å². The molecule has 1 aromatic rings. The fourth-order valence-electron chi connectivity index (χ4n) is 2.21. The van der Waals surface area contributed by atoms with Crippen molar-refractivity contribution in [2.45, 2.75) is 19.4 Å². The van der Waals surface area contributed by atoms with Crippen molar-refractivity contribution in [2.75, 3.05) is 20.1 Å². The lowest BCUT2D eigenvalue weighted by Gasteiger charge is -2.27. The fourth-order valence-corrected chi connectivity index (χ4v) is 2.21. The van der Waals surface area contributed by atoms with E-state index in [1.54, 1.807) is 12.4 Å². The molecule has 0 unspecified atom stereocenters. The summed E-state index contributed by atoms with van der Waals surface area (Å²) in [6.07, 6.45) is 5.62. The lowest BCUT2D eigenvalue weighted by molar-refractivity contribution is -0.135. The van der Waals surface area contributed by atoms with Gasteiger partial charge in [0.05, 0.1) is 5.92 Å². The van der Waals surface area contributed by atoms with Crippen molar-refractivity contribution in [3.63, 3.8) is 0 Å². The minimum atomic E-state index is 0. The topological polar surface area (TPSA) is 45.2 Å². The van der Waals surface area contributed by atoms with Crippen molar-refractivity contribution in [1.29, 1.82) is 0 Å². The molecule has 1 amide bonds. The van der Waals surface area contributed by atoms with Crippen molar-refractivity contribution >= 4 is 30.7 Å². The molecule has 0 bridgehead atoms. The first-order valence-electron chi connectivity index (χ1n) is 6.12. The van der Waals surface area contributed by atoms with Crippen LogP contribution in [0.2, 0.25) is 0 Å². The number of nitrogens with one attached hydrogen (secondary N) is 1. The van der Waals surface area contributed by atoms with Gasteiger partial charge in [0.15, 0.2) is 0 Å². The monoisotopic (exact) mass is 305 g/mol. The normalized spacial score (nSPS) is 17.8. The van der Waals surface area contributed by atoms with Gasteiger partial charge in [-0.05, 0) is 37.1 Å². The van der Waals surface area contributed by atoms with Gasteiger partial charge in [-0.2, -0.15) is 0 Å². The van der Waals surface area contributed by atoms with Crippen LogP contribution in [-0.2, 0) is 11.3 Å². The minimum Gasteiger partial charge on any atom is -0.341 e. The number of nitrogens with zero attached hydrogens (tertiary/aromatic N) is 2. The van der Waals surface area contributed by atoms with Crippen molar-refractivity contribution in [2.24, 2.45) is 5.92 Å². The summed E-state index contributed by atoms with van der Waals surface area (Å²) < 4.78 is 0. The molecule has 1 aliphatic heterocycles. The van der Waals surface area contributed by atoms with E-state index in [1.807, 2.05) is 24.1 Å². The highest BCUT2D eigenvalue weighted by atomic mass is 35.5. The molecule has 0 aromatic carbocycles. The van der Waals surface area contributed by atoms with Crippen molar-refractivity contribution < 1.29 is 4.79 Å². The predicted molar refractivity (Wildman–Crippen MR) is 80.8 cm³/mol. The van der Waals surface area contributed by atoms with Crippen molar-refractivity contribution in [3.8, 4) is 0 Å². The summed E-state index contributed by atoms with van der Waals surface area (Å²) in [5.74, 6) is 0.393. The molecule has 0 spiro atoms. The summed E-state index contributed by atoms with van der Waals surface area (Å²) in [6, 6.07) is 3.89. The molecule has 1 atom stereocenters. The van der Waals surface area contributed by atoms with Crippen LogP contribution in [0.3, 0.4) is 0 Å². The molecule has 0 radical (unpaired) electrons. The Morgan fingerprint density at radius 2 is 2.11 bits per heavy atom. The predicted octanol–water partition coefficient (Wildman–Crippen LogP) is 1.88. The van der Waals surface area contributed by atoms with Crippen LogP contribution in [0, 0.1) is 5.92 Å². The van der Waals surface area contributed by atoms with Crippen LogP contribution in [0.15, 0.2) is 24.5 Å². The zero-order valence-corrected chi connectivity index (χ0v) is 12.7. The fraction of sp³-hybridized carbons (Fsp3) is 0.538. The van der Waals surface area contributed by atoms with Gasteiger partial charge in [-0.1, -0.05) is 0 Å². The third-order valence-electron chi connectivity index (χ3n) is 3.19. The lowest BCUT2D eigenvalue weighted by atomic mass is 9.98. The standard InChI is InChI=1S/C13H19N3O.2ClH/c1-16(10-11-4-7-14-8-5-11)13(17)12-3-2-6-15-9-12;;/h4-5,7-8,12,15H,2-3,6,9-10H2,1H3;2*1H/t12-;;/m1../s1. The SMILES string of the molecule is CN(Cc1ccncc1)C(=O)[C@@H]1CCCNC1.Cl.Cl. The minimum absolute atomic E-state index is 0. The van der Waals surface area contributed by atoms with Crippen molar-refractivity contribution in [3.05, 3.63) is 30.1 Å². The smallest absolute Gasteiger partial charge is 0.227 e. The van der Waals surface area contributed by atoms with Crippen LogP contribution in [0.1, 0.15) is 18.4 Å². The van der Waals surface area contributed by atoms with E-state index in [0.717, 1.165) is 31.5 Å². The lowest BCUT2D eigenvalue weighted by Crippen LogP contribution is -2.41. The Bertz CT molecular complexity index is 369. The van der Waals surface area contributed by atoms with Crippen LogP contribution in [0.5, 0.6) is 0 Å². The molecule has 108 valence electrons. The van der Waals surface area contributed by atoms with Crippen LogP contribution in [0.4, 0.5) is 0 Å². The van der Waals surface area contributed by atoms with E-state index in [9.17, 15) is 4.79 Å². The number of halogens is 2. The number of carbonyl (C=O) groups excluding carboxylic acids is 1. The quantitative estimate of drug-likeness (QED) is 0.927. The zero-order valence-electron chi connectivity index (χ0n) is 11.0. The maximum Gasteiger partial charge on any atom is 0.227 e. The first kappa shape index (κ1) is 18.2. The van der Waals surface area contributed by atoms with Gasteiger partial charge in [-0.25, -0.2) is 0 Å². The van der Waals surface area contributed by atoms with Gasteiger partial charge in [0.25, 0.3) is 0 Å².